The van der Waals surface area contributed by atoms with Crippen molar-refractivity contribution >= 4 is 17.3 Å². The van der Waals surface area contributed by atoms with E-state index in [4.69, 9.17) is 5.73 Å². The van der Waals surface area contributed by atoms with E-state index in [0.29, 0.717) is 0 Å². The number of carbonyl (C=O) groups is 1. The Kier molecular flexibility index (Phi) is 4.80. The van der Waals surface area contributed by atoms with Gasteiger partial charge in [-0.2, -0.15) is 0 Å². The summed E-state index contributed by atoms with van der Waals surface area (Å²) < 4.78 is 0. The standard InChI is InChI=1S/C15H23N3O/c1-2-7-12(16)15(19)17-13-8-3-4-9-14(13)18-10-5-6-11-18/h3-4,8-9,12H,2,5-7,10-11,16H2,1H3,(H,17,19)/t12-/m0/s1. The second-order valence-corrected chi connectivity index (χ2v) is 5.10. The van der Waals surface area contributed by atoms with Gasteiger partial charge in [0.2, 0.25) is 5.91 Å². The van der Waals surface area contributed by atoms with Gasteiger partial charge in [-0.1, -0.05) is 25.5 Å². The lowest BCUT2D eigenvalue weighted by molar-refractivity contribution is -0.117. The molecule has 104 valence electrons. The predicted molar refractivity (Wildman–Crippen MR) is 79.4 cm³/mol. The summed E-state index contributed by atoms with van der Waals surface area (Å²) in [4.78, 5) is 14.3. The molecule has 0 spiro atoms. The van der Waals surface area contributed by atoms with Gasteiger partial charge in [0.05, 0.1) is 17.4 Å². The van der Waals surface area contributed by atoms with E-state index in [-0.39, 0.29) is 5.91 Å². The maximum Gasteiger partial charge on any atom is 0.241 e. The Labute approximate surface area is 115 Å². The number of rotatable bonds is 5. The van der Waals surface area contributed by atoms with Crippen LogP contribution < -0.4 is 16.0 Å². The normalized spacial score (nSPS) is 16.4. The zero-order valence-electron chi connectivity index (χ0n) is 11.6. The second kappa shape index (κ2) is 6.57. The molecule has 19 heavy (non-hydrogen) atoms. The summed E-state index contributed by atoms with van der Waals surface area (Å²) in [7, 11) is 0. The van der Waals surface area contributed by atoms with E-state index in [1.54, 1.807) is 0 Å². The quantitative estimate of drug-likeness (QED) is 0.855. The van der Waals surface area contributed by atoms with E-state index in [1.165, 1.54) is 12.8 Å². The van der Waals surface area contributed by atoms with Crippen LogP contribution in [0.15, 0.2) is 24.3 Å². The number of nitrogens with two attached hydrogens (primary N) is 1. The molecule has 4 heteroatoms. The first-order valence-electron chi connectivity index (χ1n) is 7.12. The van der Waals surface area contributed by atoms with Crippen molar-refractivity contribution < 1.29 is 4.79 Å². The molecule has 1 aliphatic rings. The highest BCUT2D eigenvalue weighted by Gasteiger charge is 2.18. The summed E-state index contributed by atoms with van der Waals surface area (Å²) in [6.45, 7) is 4.16. The fourth-order valence-corrected chi connectivity index (χ4v) is 2.48. The lowest BCUT2D eigenvalue weighted by Crippen LogP contribution is -2.35. The molecule has 0 saturated carbocycles. The van der Waals surface area contributed by atoms with Crippen molar-refractivity contribution in [3.05, 3.63) is 24.3 Å². The lowest BCUT2D eigenvalue weighted by Gasteiger charge is -2.22. The molecule has 1 amide bonds. The van der Waals surface area contributed by atoms with Crippen LogP contribution in [0.2, 0.25) is 0 Å². The molecule has 3 N–H and O–H groups in total. The summed E-state index contributed by atoms with van der Waals surface area (Å²) in [5, 5.41) is 2.97. The van der Waals surface area contributed by atoms with Crippen LogP contribution in [-0.4, -0.2) is 25.0 Å². The molecule has 0 bridgehead atoms. The Morgan fingerprint density at radius 3 is 2.74 bits per heavy atom. The van der Waals surface area contributed by atoms with Gasteiger partial charge in [0.25, 0.3) is 0 Å². The third-order valence-electron chi connectivity index (χ3n) is 3.55. The molecule has 0 unspecified atom stereocenters. The summed E-state index contributed by atoms with van der Waals surface area (Å²) in [5.74, 6) is -0.0894. The van der Waals surface area contributed by atoms with Gasteiger partial charge in [0.15, 0.2) is 0 Å². The smallest absolute Gasteiger partial charge is 0.241 e. The Hall–Kier alpha value is -1.55. The third-order valence-corrected chi connectivity index (χ3v) is 3.55. The van der Waals surface area contributed by atoms with Crippen molar-refractivity contribution in [2.45, 2.75) is 38.6 Å². The van der Waals surface area contributed by atoms with Crippen molar-refractivity contribution in [3.63, 3.8) is 0 Å². The van der Waals surface area contributed by atoms with E-state index in [9.17, 15) is 4.79 Å². The number of nitrogens with zero attached hydrogens (tertiary/aromatic N) is 1. The monoisotopic (exact) mass is 261 g/mol. The SMILES string of the molecule is CCC[C@H](N)C(=O)Nc1ccccc1N1CCCC1. The molecule has 1 heterocycles. The van der Waals surface area contributed by atoms with Crippen molar-refractivity contribution in [1.82, 2.24) is 0 Å². The fraction of sp³-hybridized carbons (Fsp3) is 0.533. The van der Waals surface area contributed by atoms with E-state index in [1.807, 2.05) is 25.1 Å². The van der Waals surface area contributed by atoms with E-state index in [2.05, 4.69) is 16.3 Å². The topological polar surface area (TPSA) is 58.4 Å². The molecule has 1 aromatic carbocycles. The fourth-order valence-electron chi connectivity index (χ4n) is 2.48. The minimum absolute atomic E-state index is 0.0894. The van der Waals surface area contributed by atoms with Crippen LogP contribution in [0.3, 0.4) is 0 Å². The summed E-state index contributed by atoms with van der Waals surface area (Å²) in [6, 6.07) is 7.54. The molecule has 2 rings (SSSR count). The Bertz CT molecular complexity index is 427. The minimum atomic E-state index is -0.420. The summed E-state index contributed by atoms with van der Waals surface area (Å²) >= 11 is 0. The van der Waals surface area contributed by atoms with Gasteiger partial charge in [-0.25, -0.2) is 0 Å². The maximum absolute atomic E-state index is 12.0. The molecule has 0 aliphatic carbocycles. The molecular weight excluding hydrogens is 238 g/mol. The van der Waals surface area contributed by atoms with Crippen LogP contribution in [0.4, 0.5) is 11.4 Å². The average Bonchev–Trinajstić information content (AvgIpc) is 2.93. The van der Waals surface area contributed by atoms with Crippen LogP contribution >= 0.6 is 0 Å². The lowest BCUT2D eigenvalue weighted by atomic mass is 10.1. The number of benzene rings is 1. The highest BCUT2D eigenvalue weighted by atomic mass is 16.2. The molecule has 4 nitrogen and oxygen atoms in total. The van der Waals surface area contributed by atoms with Crippen LogP contribution in [0.5, 0.6) is 0 Å². The predicted octanol–water partition coefficient (Wildman–Crippen LogP) is 2.35. The molecule has 1 aliphatic heterocycles. The molecule has 1 atom stereocenters. The zero-order valence-corrected chi connectivity index (χ0v) is 11.6. The van der Waals surface area contributed by atoms with Gasteiger partial charge in [0.1, 0.15) is 0 Å². The van der Waals surface area contributed by atoms with Crippen LogP contribution in [0.1, 0.15) is 32.6 Å². The number of carbonyl (C=O) groups excluding carboxylic acids is 1. The Balaban J connectivity index is 2.09. The first-order chi connectivity index (χ1) is 9.22. The molecule has 1 aromatic rings. The van der Waals surface area contributed by atoms with Crippen LogP contribution in [-0.2, 0) is 4.79 Å². The van der Waals surface area contributed by atoms with E-state index < -0.39 is 6.04 Å². The van der Waals surface area contributed by atoms with Gasteiger partial charge < -0.3 is 16.0 Å². The first kappa shape index (κ1) is 13.9. The van der Waals surface area contributed by atoms with Crippen molar-refractivity contribution in [3.8, 4) is 0 Å². The highest BCUT2D eigenvalue weighted by Crippen LogP contribution is 2.28. The molecular formula is C15H23N3O. The van der Waals surface area contributed by atoms with E-state index >= 15 is 0 Å². The molecule has 1 saturated heterocycles. The van der Waals surface area contributed by atoms with Crippen molar-refractivity contribution in [2.75, 3.05) is 23.3 Å². The molecule has 0 aromatic heterocycles. The van der Waals surface area contributed by atoms with Gasteiger partial charge in [-0.05, 0) is 31.4 Å². The van der Waals surface area contributed by atoms with Crippen molar-refractivity contribution in [2.24, 2.45) is 5.73 Å². The van der Waals surface area contributed by atoms with Gasteiger partial charge in [-0.15, -0.1) is 0 Å². The number of para-hydroxylation sites is 2. The number of anilines is 2. The Morgan fingerprint density at radius 2 is 2.05 bits per heavy atom. The number of hydrogen-bond donors (Lipinski definition) is 2. The second-order valence-electron chi connectivity index (χ2n) is 5.10. The zero-order chi connectivity index (χ0) is 13.7. The molecule has 1 fully saturated rings. The number of hydrogen-bond acceptors (Lipinski definition) is 3. The first-order valence-corrected chi connectivity index (χ1v) is 7.12. The largest absolute Gasteiger partial charge is 0.370 e. The highest BCUT2D eigenvalue weighted by molar-refractivity contribution is 5.97. The van der Waals surface area contributed by atoms with Crippen LogP contribution in [0.25, 0.3) is 0 Å². The van der Waals surface area contributed by atoms with Gasteiger partial charge in [0, 0.05) is 13.1 Å². The molecule has 0 radical (unpaired) electrons. The maximum atomic E-state index is 12.0. The minimum Gasteiger partial charge on any atom is -0.370 e. The summed E-state index contributed by atoms with van der Waals surface area (Å²) in [6.07, 6.45) is 4.08. The van der Waals surface area contributed by atoms with Crippen LogP contribution in [0, 0.1) is 0 Å². The van der Waals surface area contributed by atoms with Crippen molar-refractivity contribution in [1.29, 1.82) is 0 Å². The van der Waals surface area contributed by atoms with Gasteiger partial charge >= 0.3 is 0 Å². The Morgan fingerprint density at radius 1 is 1.37 bits per heavy atom. The van der Waals surface area contributed by atoms with Gasteiger partial charge in [-0.3, -0.25) is 4.79 Å². The number of amides is 1. The third kappa shape index (κ3) is 3.47. The number of nitrogens with one attached hydrogen (secondary N) is 1. The summed E-state index contributed by atoms with van der Waals surface area (Å²) in [5.41, 5.74) is 7.84. The average molecular weight is 261 g/mol. The van der Waals surface area contributed by atoms with E-state index in [0.717, 1.165) is 37.3 Å².